The van der Waals surface area contributed by atoms with Crippen LogP contribution in [0.15, 0.2) is 60.9 Å². The summed E-state index contributed by atoms with van der Waals surface area (Å²) in [6.07, 6.45) is 6.32. The van der Waals surface area contributed by atoms with Crippen LogP contribution in [0, 0.1) is 0 Å². The second-order valence-electron chi connectivity index (χ2n) is 8.61. The molecule has 0 bridgehead atoms. The number of hydrogen-bond acceptors (Lipinski definition) is 6. The van der Waals surface area contributed by atoms with Gasteiger partial charge in [-0.3, -0.25) is 4.98 Å². The second-order valence-corrected chi connectivity index (χ2v) is 8.61. The summed E-state index contributed by atoms with van der Waals surface area (Å²) in [6.45, 7) is 4.66. The summed E-state index contributed by atoms with van der Waals surface area (Å²) < 4.78 is 1.97. The quantitative estimate of drug-likeness (QED) is 0.491. The molecule has 4 aromatic rings. The highest BCUT2D eigenvalue weighted by atomic mass is 15.3. The number of nitrogens with zero attached hydrogens (tertiary/aromatic N) is 5. The van der Waals surface area contributed by atoms with Crippen molar-refractivity contribution in [3.63, 3.8) is 0 Å². The van der Waals surface area contributed by atoms with E-state index in [0.29, 0.717) is 5.92 Å². The lowest BCUT2D eigenvalue weighted by Gasteiger charge is -2.29. The molecule has 162 valence electrons. The number of rotatable bonds is 6. The molecule has 32 heavy (non-hydrogen) atoms. The molecule has 6 rings (SSSR count). The van der Waals surface area contributed by atoms with Crippen LogP contribution in [0.1, 0.15) is 29.9 Å². The fourth-order valence-corrected chi connectivity index (χ4v) is 4.35. The molecule has 3 aromatic heterocycles. The molecule has 7 nitrogen and oxygen atoms in total. The highest BCUT2D eigenvalue weighted by Gasteiger charge is 2.28. The normalized spacial score (nSPS) is 16.4. The fourth-order valence-electron chi connectivity index (χ4n) is 4.35. The first-order valence-electron chi connectivity index (χ1n) is 11.4. The van der Waals surface area contributed by atoms with Crippen LogP contribution >= 0.6 is 0 Å². The Morgan fingerprint density at radius 2 is 1.88 bits per heavy atom. The van der Waals surface area contributed by atoms with Gasteiger partial charge in [0.15, 0.2) is 5.65 Å². The number of piperazine rings is 1. The van der Waals surface area contributed by atoms with Crippen LogP contribution < -0.4 is 15.5 Å². The van der Waals surface area contributed by atoms with E-state index in [9.17, 15) is 0 Å². The van der Waals surface area contributed by atoms with E-state index in [1.165, 1.54) is 24.0 Å². The highest BCUT2D eigenvalue weighted by Crippen LogP contribution is 2.42. The molecule has 1 aliphatic carbocycles. The Morgan fingerprint density at radius 1 is 1.03 bits per heavy atom. The molecule has 0 unspecified atom stereocenters. The Morgan fingerprint density at radius 3 is 2.62 bits per heavy atom. The topological polar surface area (TPSA) is 70.4 Å². The van der Waals surface area contributed by atoms with Crippen molar-refractivity contribution in [1.82, 2.24) is 24.9 Å². The van der Waals surface area contributed by atoms with Crippen molar-refractivity contribution in [2.75, 3.05) is 36.4 Å². The van der Waals surface area contributed by atoms with E-state index in [4.69, 9.17) is 4.98 Å². The van der Waals surface area contributed by atoms with Crippen molar-refractivity contribution in [3.8, 4) is 11.3 Å². The first-order valence-corrected chi connectivity index (χ1v) is 11.4. The lowest BCUT2D eigenvalue weighted by Crippen LogP contribution is -2.44. The molecule has 4 heterocycles. The molecule has 0 radical (unpaired) electrons. The molecule has 1 saturated carbocycles. The van der Waals surface area contributed by atoms with Crippen LogP contribution in [0.5, 0.6) is 0 Å². The molecular weight excluding hydrogens is 398 g/mol. The molecule has 2 aliphatic rings. The number of anilines is 2. The minimum absolute atomic E-state index is 0.616. The van der Waals surface area contributed by atoms with Gasteiger partial charge in [-0.25, -0.2) is 4.98 Å². The van der Waals surface area contributed by atoms with Crippen molar-refractivity contribution < 1.29 is 0 Å². The summed E-state index contributed by atoms with van der Waals surface area (Å²) in [7, 11) is 0. The lowest BCUT2D eigenvalue weighted by molar-refractivity contribution is 0.585. The summed E-state index contributed by atoms with van der Waals surface area (Å²) in [4.78, 5) is 11.8. The van der Waals surface area contributed by atoms with Gasteiger partial charge in [-0.05, 0) is 36.5 Å². The van der Waals surface area contributed by atoms with Crippen LogP contribution in [-0.4, -0.2) is 45.8 Å². The van der Waals surface area contributed by atoms with Crippen molar-refractivity contribution in [2.24, 2.45) is 0 Å². The molecular formula is C25H27N7. The maximum atomic E-state index is 5.03. The van der Waals surface area contributed by atoms with E-state index in [2.05, 4.69) is 55.9 Å². The van der Waals surface area contributed by atoms with E-state index in [1.807, 2.05) is 35.1 Å². The summed E-state index contributed by atoms with van der Waals surface area (Å²) >= 11 is 0. The highest BCUT2D eigenvalue weighted by molar-refractivity contribution is 5.63. The molecule has 2 N–H and O–H groups in total. The molecule has 0 spiro atoms. The largest absolute Gasteiger partial charge is 0.366 e. The number of nitrogens with one attached hydrogen (secondary N) is 2. The first kappa shape index (κ1) is 19.3. The molecule has 2 fully saturated rings. The Hall–Kier alpha value is -3.45. The third-order valence-corrected chi connectivity index (χ3v) is 6.33. The Bertz CT molecular complexity index is 1210. The van der Waals surface area contributed by atoms with E-state index in [1.54, 1.807) is 0 Å². The average Bonchev–Trinajstić information content (AvgIpc) is 3.62. The number of aromatic nitrogens is 4. The molecule has 1 aromatic carbocycles. The first-order chi connectivity index (χ1) is 15.8. The minimum atomic E-state index is 0.616. The zero-order chi connectivity index (χ0) is 21.3. The summed E-state index contributed by atoms with van der Waals surface area (Å²) in [5.41, 5.74) is 5.62. The predicted octanol–water partition coefficient (Wildman–Crippen LogP) is 3.69. The van der Waals surface area contributed by atoms with E-state index >= 15 is 0 Å². The maximum absolute atomic E-state index is 5.03. The minimum Gasteiger partial charge on any atom is -0.366 e. The standard InChI is InChI=1S/C25H27N7/c1-2-10-27-22(3-1)20-6-4-18(5-7-20)16-28-23-15-24(31-13-11-26-12-14-31)30-25-21(19-8-9-19)17-29-32(23)25/h1-7,10,15,17,19,26,28H,8-9,11-14,16H2. The maximum Gasteiger partial charge on any atom is 0.163 e. The van der Waals surface area contributed by atoms with E-state index < -0.39 is 0 Å². The predicted molar refractivity (Wildman–Crippen MR) is 127 cm³/mol. The van der Waals surface area contributed by atoms with Crippen LogP contribution in [0.3, 0.4) is 0 Å². The van der Waals surface area contributed by atoms with Crippen LogP contribution in [0.4, 0.5) is 11.6 Å². The zero-order valence-electron chi connectivity index (χ0n) is 18.0. The van der Waals surface area contributed by atoms with Gasteiger partial charge in [-0.15, -0.1) is 0 Å². The Labute approximate surface area is 187 Å². The van der Waals surface area contributed by atoms with Crippen LogP contribution in [0.25, 0.3) is 16.9 Å². The van der Waals surface area contributed by atoms with Crippen LogP contribution in [-0.2, 0) is 6.54 Å². The molecule has 0 amide bonds. The van der Waals surface area contributed by atoms with Gasteiger partial charge in [0.05, 0.1) is 11.9 Å². The third kappa shape index (κ3) is 3.80. The Balaban J connectivity index is 1.27. The molecule has 1 saturated heterocycles. The second kappa shape index (κ2) is 8.24. The van der Waals surface area contributed by atoms with Gasteiger partial charge in [0.25, 0.3) is 0 Å². The number of pyridine rings is 1. The Kier molecular flexibility index (Phi) is 4.96. The van der Waals surface area contributed by atoms with Crippen LogP contribution in [0.2, 0.25) is 0 Å². The average molecular weight is 426 g/mol. The van der Waals surface area contributed by atoms with E-state index in [-0.39, 0.29) is 0 Å². The van der Waals surface area contributed by atoms with Crippen molar-refractivity contribution >= 4 is 17.3 Å². The summed E-state index contributed by atoms with van der Waals surface area (Å²) in [5, 5.41) is 11.7. The zero-order valence-corrected chi connectivity index (χ0v) is 18.0. The smallest absolute Gasteiger partial charge is 0.163 e. The van der Waals surface area contributed by atoms with Crippen molar-refractivity contribution in [2.45, 2.75) is 25.3 Å². The third-order valence-electron chi connectivity index (χ3n) is 6.33. The number of fused-ring (bicyclic) bond motifs is 1. The summed E-state index contributed by atoms with van der Waals surface area (Å²) in [6, 6.07) is 16.7. The lowest BCUT2D eigenvalue weighted by atomic mass is 10.1. The molecule has 1 aliphatic heterocycles. The monoisotopic (exact) mass is 425 g/mol. The SMILES string of the molecule is c1ccc(-c2ccc(CNc3cc(N4CCNCC4)nc4c(C5CC5)cnn34)cc2)nc1. The molecule has 7 heteroatoms. The fraction of sp³-hybridized carbons (Fsp3) is 0.320. The van der Waals surface area contributed by atoms with Gasteiger partial charge in [0.1, 0.15) is 11.6 Å². The number of benzene rings is 1. The van der Waals surface area contributed by atoms with Gasteiger partial charge in [0.2, 0.25) is 0 Å². The van der Waals surface area contributed by atoms with Gasteiger partial charge < -0.3 is 15.5 Å². The van der Waals surface area contributed by atoms with E-state index in [0.717, 1.165) is 61.3 Å². The molecule has 0 atom stereocenters. The van der Waals surface area contributed by atoms with Crippen molar-refractivity contribution in [3.05, 3.63) is 72.1 Å². The van der Waals surface area contributed by atoms with Crippen molar-refractivity contribution in [1.29, 1.82) is 0 Å². The number of hydrogen-bond donors (Lipinski definition) is 2. The van der Waals surface area contributed by atoms with Gasteiger partial charge >= 0.3 is 0 Å². The van der Waals surface area contributed by atoms with Gasteiger partial charge in [0, 0.05) is 56.1 Å². The summed E-state index contributed by atoms with van der Waals surface area (Å²) in [5.74, 6) is 2.64. The van der Waals surface area contributed by atoms with Gasteiger partial charge in [-0.1, -0.05) is 30.3 Å². The van der Waals surface area contributed by atoms with Gasteiger partial charge in [-0.2, -0.15) is 9.61 Å².